The minimum absolute atomic E-state index is 0.0231. The van der Waals surface area contributed by atoms with Gasteiger partial charge in [-0.3, -0.25) is 19.8 Å². The highest BCUT2D eigenvalue weighted by atomic mass is 16.5. The average molecular weight is 367 g/mol. The number of nitrogens with zero attached hydrogens (tertiary/aromatic N) is 3. The molecule has 1 aromatic carbocycles. The highest BCUT2D eigenvalue weighted by Gasteiger charge is 2.17. The predicted octanol–water partition coefficient (Wildman–Crippen LogP) is 2.50. The number of hydrogen-bond donors (Lipinski definition) is 2. The minimum Gasteiger partial charge on any atom is -0.487 e. The molecule has 27 heavy (non-hydrogen) atoms. The number of ketones is 1. The molecule has 0 fully saturated rings. The first-order chi connectivity index (χ1) is 12.9. The lowest BCUT2D eigenvalue weighted by Gasteiger charge is -2.13. The van der Waals surface area contributed by atoms with E-state index in [9.17, 15) is 9.59 Å². The number of carbonyl (C=O) groups is 2. The van der Waals surface area contributed by atoms with Gasteiger partial charge >= 0.3 is 0 Å². The summed E-state index contributed by atoms with van der Waals surface area (Å²) in [4.78, 5) is 25.5. The zero-order valence-corrected chi connectivity index (χ0v) is 15.4. The topological polar surface area (TPSA) is 104 Å². The Labute approximate surface area is 156 Å². The lowest BCUT2D eigenvalue weighted by Crippen LogP contribution is -2.26. The molecule has 3 aromatic rings. The van der Waals surface area contributed by atoms with Crippen molar-refractivity contribution in [1.82, 2.24) is 25.3 Å². The van der Waals surface area contributed by atoms with Gasteiger partial charge in [-0.15, -0.1) is 0 Å². The quantitative estimate of drug-likeness (QED) is 0.625. The van der Waals surface area contributed by atoms with Gasteiger partial charge in [-0.25, -0.2) is 0 Å². The number of carbonyl (C=O) groups excluding carboxylic acids is 2. The second kappa shape index (κ2) is 7.86. The Balaban J connectivity index is 1.59. The summed E-state index contributed by atoms with van der Waals surface area (Å²) < 4.78 is 5.67. The number of benzene rings is 1. The van der Waals surface area contributed by atoms with Gasteiger partial charge in [0.1, 0.15) is 12.4 Å². The van der Waals surface area contributed by atoms with Crippen LogP contribution < -0.4 is 4.74 Å². The summed E-state index contributed by atoms with van der Waals surface area (Å²) in [7, 11) is 1.70. The molecule has 2 heterocycles. The Morgan fingerprint density at radius 3 is 2.67 bits per heavy atom. The van der Waals surface area contributed by atoms with Crippen LogP contribution in [0.15, 0.2) is 36.4 Å². The van der Waals surface area contributed by atoms with Crippen molar-refractivity contribution in [2.45, 2.75) is 27.0 Å². The maximum absolute atomic E-state index is 12.5. The van der Waals surface area contributed by atoms with Crippen LogP contribution in [0, 0.1) is 6.92 Å². The van der Waals surface area contributed by atoms with Gasteiger partial charge < -0.3 is 9.64 Å². The molecule has 0 saturated heterocycles. The van der Waals surface area contributed by atoms with Gasteiger partial charge in [-0.2, -0.15) is 10.2 Å². The zero-order chi connectivity index (χ0) is 19.4. The number of rotatable bonds is 7. The lowest BCUT2D eigenvalue weighted by molar-refractivity contribution is 0.0777. The molecule has 0 bridgehead atoms. The largest absolute Gasteiger partial charge is 0.487 e. The molecule has 1 amide bonds. The monoisotopic (exact) mass is 367 g/mol. The van der Waals surface area contributed by atoms with Crippen LogP contribution in [0.1, 0.15) is 44.9 Å². The molecule has 8 heteroatoms. The summed E-state index contributed by atoms with van der Waals surface area (Å²) in [5.74, 6) is 0.345. The summed E-state index contributed by atoms with van der Waals surface area (Å²) in [5.41, 5.74) is 3.28. The number of nitrogens with one attached hydrogen (secondary N) is 2. The van der Waals surface area contributed by atoms with Crippen molar-refractivity contribution in [3.63, 3.8) is 0 Å². The number of Topliss-reactive ketones (excluding diaryl/α,β-unsaturated/α-hetero) is 1. The van der Waals surface area contributed by atoms with E-state index >= 15 is 0 Å². The Morgan fingerprint density at radius 2 is 1.96 bits per heavy atom. The van der Waals surface area contributed by atoms with Crippen LogP contribution in [0.4, 0.5) is 0 Å². The van der Waals surface area contributed by atoms with Crippen molar-refractivity contribution in [3.8, 4) is 5.75 Å². The first-order valence-electron chi connectivity index (χ1n) is 8.47. The maximum Gasteiger partial charge on any atom is 0.274 e. The third-order valence-electron chi connectivity index (χ3n) is 3.99. The van der Waals surface area contributed by atoms with Crippen LogP contribution in [-0.4, -0.2) is 44.0 Å². The fraction of sp³-hybridized carbons (Fsp3) is 0.263. The minimum atomic E-state index is -0.211. The Morgan fingerprint density at radius 1 is 1.15 bits per heavy atom. The fourth-order valence-electron chi connectivity index (χ4n) is 2.58. The van der Waals surface area contributed by atoms with Gasteiger partial charge in [-0.05, 0) is 38.1 Å². The number of ether oxygens (including phenoxy) is 1. The lowest BCUT2D eigenvalue weighted by atomic mass is 10.1. The summed E-state index contributed by atoms with van der Waals surface area (Å²) in [6.45, 7) is 4.01. The van der Waals surface area contributed by atoms with Gasteiger partial charge in [0.05, 0.1) is 17.9 Å². The van der Waals surface area contributed by atoms with Gasteiger partial charge in [0.2, 0.25) is 0 Å². The van der Waals surface area contributed by atoms with E-state index in [1.165, 1.54) is 6.92 Å². The van der Waals surface area contributed by atoms with E-state index in [1.54, 1.807) is 42.3 Å². The normalized spacial score (nSPS) is 10.6. The number of H-pyrrole nitrogens is 2. The van der Waals surface area contributed by atoms with Crippen molar-refractivity contribution >= 4 is 11.7 Å². The predicted molar refractivity (Wildman–Crippen MR) is 98.5 cm³/mol. The standard InChI is InChI=1S/C19H21N5O3/c1-12-7-15(21-20-12)10-24(3)19(26)18-9-16(22-23-18)11-27-17-6-4-5-14(8-17)13(2)25/h4-9H,10-11H2,1-3H3,(H,20,21)(H,22,23). The van der Waals surface area contributed by atoms with E-state index in [1.807, 2.05) is 13.0 Å². The van der Waals surface area contributed by atoms with E-state index in [0.717, 1.165) is 11.4 Å². The van der Waals surface area contributed by atoms with Crippen molar-refractivity contribution in [2.24, 2.45) is 0 Å². The number of aryl methyl sites for hydroxylation is 1. The van der Waals surface area contributed by atoms with E-state index in [4.69, 9.17) is 4.74 Å². The zero-order valence-electron chi connectivity index (χ0n) is 15.4. The molecule has 0 radical (unpaired) electrons. The average Bonchev–Trinajstić information content (AvgIpc) is 3.28. The molecule has 0 saturated carbocycles. The number of aromatic nitrogens is 4. The molecule has 2 N–H and O–H groups in total. The second-order valence-corrected chi connectivity index (χ2v) is 6.35. The molecular weight excluding hydrogens is 346 g/mol. The number of amides is 1. The third kappa shape index (κ3) is 4.60. The fourth-order valence-corrected chi connectivity index (χ4v) is 2.58. The second-order valence-electron chi connectivity index (χ2n) is 6.35. The number of hydrogen-bond acceptors (Lipinski definition) is 5. The molecule has 140 valence electrons. The molecule has 0 unspecified atom stereocenters. The smallest absolute Gasteiger partial charge is 0.274 e. The Bertz CT molecular complexity index is 960. The molecule has 0 aliphatic heterocycles. The molecule has 0 aliphatic rings. The van der Waals surface area contributed by atoms with E-state index in [-0.39, 0.29) is 18.3 Å². The molecule has 0 aliphatic carbocycles. The number of aromatic amines is 2. The van der Waals surface area contributed by atoms with Gasteiger partial charge in [-0.1, -0.05) is 12.1 Å². The molecular formula is C19H21N5O3. The van der Waals surface area contributed by atoms with Crippen LogP contribution in [0.2, 0.25) is 0 Å². The molecule has 0 spiro atoms. The highest BCUT2D eigenvalue weighted by Crippen LogP contribution is 2.16. The van der Waals surface area contributed by atoms with E-state index in [2.05, 4.69) is 20.4 Å². The summed E-state index contributed by atoms with van der Waals surface area (Å²) in [6, 6.07) is 10.5. The van der Waals surface area contributed by atoms with Crippen LogP contribution in [-0.2, 0) is 13.2 Å². The molecule has 8 nitrogen and oxygen atoms in total. The van der Waals surface area contributed by atoms with Crippen LogP contribution in [0.25, 0.3) is 0 Å². The van der Waals surface area contributed by atoms with Crippen LogP contribution in [0.3, 0.4) is 0 Å². The molecule has 3 rings (SSSR count). The molecule has 2 aromatic heterocycles. The van der Waals surface area contributed by atoms with Crippen LogP contribution >= 0.6 is 0 Å². The summed E-state index contributed by atoms with van der Waals surface area (Å²) >= 11 is 0. The van der Waals surface area contributed by atoms with Crippen molar-refractivity contribution in [3.05, 3.63) is 64.7 Å². The van der Waals surface area contributed by atoms with Gasteiger partial charge in [0.25, 0.3) is 5.91 Å². The Hall–Kier alpha value is -3.42. The van der Waals surface area contributed by atoms with Crippen LogP contribution in [0.5, 0.6) is 5.75 Å². The van der Waals surface area contributed by atoms with Gasteiger partial charge in [0, 0.05) is 18.3 Å². The summed E-state index contributed by atoms with van der Waals surface area (Å²) in [5, 5.41) is 13.9. The van der Waals surface area contributed by atoms with Crippen molar-refractivity contribution in [1.29, 1.82) is 0 Å². The van der Waals surface area contributed by atoms with Crippen molar-refractivity contribution in [2.75, 3.05) is 7.05 Å². The van der Waals surface area contributed by atoms with Gasteiger partial charge in [0.15, 0.2) is 11.5 Å². The third-order valence-corrected chi connectivity index (χ3v) is 3.99. The van der Waals surface area contributed by atoms with E-state index in [0.29, 0.717) is 29.2 Å². The first-order valence-corrected chi connectivity index (χ1v) is 8.47. The first kappa shape index (κ1) is 18.4. The summed E-state index contributed by atoms with van der Waals surface area (Å²) in [6.07, 6.45) is 0. The molecule has 0 atom stereocenters. The van der Waals surface area contributed by atoms with Crippen molar-refractivity contribution < 1.29 is 14.3 Å². The SMILES string of the molecule is CC(=O)c1cccc(OCc2cc(C(=O)N(C)Cc3cc(C)[nH]n3)n[nH]2)c1. The Kier molecular flexibility index (Phi) is 5.35. The maximum atomic E-state index is 12.5. The highest BCUT2D eigenvalue weighted by molar-refractivity contribution is 5.94. The van der Waals surface area contributed by atoms with E-state index < -0.39 is 0 Å².